The van der Waals surface area contributed by atoms with Crippen LogP contribution in [0, 0.1) is 6.92 Å². The molecule has 1 unspecified atom stereocenters. The summed E-state index contributed by atoms with van der Waals surface area (Å²) in [6.07, 6.45) is 1.37. The smallest absolute Gasteiger partial charge is 0.255 e. The number of nitrogens with zero attached hydrogens (tertiary/aromatic N) is 1. The van der Waals surface area contributed by atoms with E-state index in [1.807, 2.05) is 31.2 Å². The van der Waals surface area contributed by atoms with Crippen molar-refractivity contribution in [1.82, 2.24) is 4.98 Å². The van der Waals surface area contributed by atoms with Crippen LogP contribution >= 0.6 is 22.9 Å². The van der Waals surface area contributed by atoms with Crippen molar-refractivity contribution >= 4 is 34.0 Å². The summed E-state index contributed by atoms with van der Waals surface area (Å²) in [6.45, 7) is 2.65. The molecule has 1 aliphatic rings. The Morgan fingerprint density at radius 1 is 1.43 bits per heavy atom. The minimum absolute atomic E-state index is 0.107. The fourth-order valence-electron chi connectivity index (χ4n) is 2.30. The van der Waals surface area contributed by atoms with E-state index in [-0.39, 0.29) is 12.0 Å². The average Bonchev–Trinajstić information content (AvgIpc) is 3.10. The Bertz CT molecular complexity index is 648. The molecule has 0 bridgehead atoms. The molecule has 2 heterocycles. The normalized spacial score (nSPS) is 17.9. The molecule has 0 saturated carbocycles. The van der Waals surface area contributed by atoms with Crippen molar-refractivity contribution in [2.45, 2.75) is 25.9 Å². The molecule has 1 aromatic heterocycles. The molecule has 4 nitrogen and oxygen atoms in total. The highest BCUT2D eigenvalue weighted by molar-refractivity contribution is 7.16. The highest BCUT2D eigenvalue weighted by Gasteiger charge is 2.24. The summed E-state index contributed by atoms with van der Waals surface area (Å²) in [5, 5.41) is 4.15. The Hall–Kier alpha value is -1.43. The Morgan fingerprint density at radius 3 is 2.86 bits per heavy atom. The van der Waals surface area contributed by atoms with Gasteiger partial charge < -0.3 is 4.74 Å². The maximum absolute atomic E-state index is 12.0. The third-order valence-electron chi connectivity index (χ3n) is 3.37. The van der Waals surface area contributed by atoms with Crippen molar-refractivity contribution < 1.29 is 9.53 Å². The molecule has 1 fully saturated rings. The lowest BCUT2D eigenvalue weighted by Gasteiger charge is -2.07. The highest BCUT2D eigenvalue weighted by atomic mass is 35.5. The van der Waals surface area contributed by atoms with Crippen LogP contribution in [0.15, 0.2) is 24.3 Å². The predicted molar refractivity (Wildman–Crippen MR) is 84.9 cm³/mol. The number of aryl methyl sites for hydroxylation is 1. The fraction of sp³-hybridized carbons (Fsp3) is 0.333. The van der Waals surface area contributed by atoms with Gasteiger partial charge in [-0.3, -0.25) is 10.1 Å². The number of anilines is 1. The molecule has 110 valence electrons. The summed E-state index contributed by atoms with van der Waals surface area (Å²) < 4.78 is 5.37. The summed E-state index contributed by atoms with van der Waals surface area (Å²) in [4.78, 5) is 17.6. The molecule has 1 N–H and O–H groups in total. The Labute approximate surface area is 132 Å². The molecule has 0 radical (unpaired) electrons. The maximum Gasteiger partial charge on any atom is 0.255 e. The lowest BCUT2D eigenvalue weighted by molar-refractivity contribution is -0.124. The maximum atomic E-state index is 12.0. The van der Waals surface area contributed by atoms with Crippen LogP contribution in [0.1, 0.15) is 17.7 Å². The summed E-state index contributed by atoms with van der Waals surface area (Å²) in [5.41, 5.74) is 1.87. The molecule has 1 aliphatic heterocycles. The van der Waals surface area contributed by atoms with E-state index in [0.717, 1.165) is 29.0 Å². The zero-order valence-corrected chi connectivity index (χ0v) is 13.1. The van der Waals surface area contributed by atoms with Crippen molar-refractivity contribution in [3.05, 3.63) is 34.2 Å². The van der Waals surface area contributed by atoms with E-state index in [2.05, 4.69) is 10.3 Å². The standard InChI is InChI=1S/C15H15ClN2O2S/c1-9-13(10-4-6-11(16)7-5-10)17-15(21-9)18-14(19)12-3-2-8-20-12/h4-7,12H,2-3,8H2,1H3,(H,17,18,19). The molecule has 6 heteroatoms. The number of carbonyl (C=O) groups excluding carboxylic acids is 1. The molecule has 21 heavy (non-hydrogen) atoms. The molecule has 0 spiro atoms. The Balaban J connectivity index is 1.77. The van der Waals surface area contributed by atoms with Crippen LogP contribution in [-0.4, -0.2) is 23.6 Å². The largest absolute Gasteiger partial charge is 0.368 e. The van der Waals surface area contributed by atoms with E-state index in [4.69, 9.17) is 16.3 Å². The van der Waals surface area contributed by atoms with Gasteiger partial charge in [0.15, 0.2) is 5.13 Å². The van der Waals surface area contributed by atoms with Crippen molar-refractivity contribution in [3.8, 4) is 11.3 Å². The van der Waals surface area contributed by atoms with Gasteiger partial charge in [-0.2, -0.15) is 0 Å². The van der Waals surface area contributed by atoms with Crippen molar-refractivity contribution in [1.29, 1.82) is 0 Å². The first-order chi connectivity index (χ1) is 10.1. The summed E-state index contributed by atoms with van der Waals surface area (Å²) in [6, 6.07) is 7.52. The van der Waals surface area contributed by atoms with Crippen LogP contribution < -0.4 is 5.32 Å². The van der Waals surface area contributed by atoms with Crippen molar-refractivity contribution in [2.75, 3.05) is 11.9 Å². The van der Waals surface area contributed by atoms with E-state index >= 15 is 0 Å². The van der Waals surface area contributed by atoms with Crippen LogP contribution in [0.4, 0.5) is 5.13 Å². The molecule has 1 amide bonds. The first kappa shape index (κ1) is 14.5. The fourth-order valence-corrected chi connectivity index (χ4v) is 3.26. The van der Waals surface area contributed by atoms with Crippen LogP contribution in [0.5, 0.6) is 0 Å². The molecule has 2 aromatic rings. The topological polar surface area (TPSA) is 51.2 Å². The number of thiazole rings is 1. The van der Waals surface area contributed by atoms with Gasteiger partial charge in [-0.05, 0) is 31.9 Å². The van der Waals surface area contributed by atoms with Crippen LogP contribution in [-0.2, 0) is 9.53 Å². The second-order valence-corrected chi connectivity index (χ2v) is 6.56. The van der Waals surface area contributed by atoms with Crippen LogP contribution in [0.3, 0.4) is 0 Å². The number of hydrogen-bond acceptors (Lipinski definition) is 4. The third-order valence-corrected chi connectivity index (χ3v) is 4.50. The minimum Gasteiger partial charge on any atom is -0.368 e. The Kier molecular flexibility index (Phi) is 4.24. The SMILES string of the molecule is Cc1sc(NC(=O)C2CCCO2)nc1-c1ccc(Cl)cc1. The first-order valence-electron chi connectivity index (χ1n) is 6.79. The number of ether oxygens (including phenoxy) is 1. The average molecular weight is 323 g/mol. The van der Waals surface area contributed by atoms with Gasteiger partial charge in [0.2, 0.25) is 0 Å². The van der Waals surface area contributed by atoms with E-state index in [1.54, 1.807) is 0 Å². The van der Waals surface area contributed by atoms with E-state index < -0.39 is 0 Å². The molecule has 1 aromatic carbocycles. The van der Waals surface area contributed by atoms with Gasteiger partial charge in [-0.25, -0.2) is 4.98 Å². The number of benzene rings is 1. The number of amides is 1. The van der Waals surface area contributed by atoms with Crippen molar-refractivity contribution in [3.63, 3.8) is 0 Å². The quantitative estimate of drug-likeness (QED) is 0.932. The number of rotatable bonds is 3. The summed E-state index contributed by atoms with van der Waals surface area (Å²) in [5.74, 6) is -0.107. The molecular formula is C15H15ClN2O2S. The molecule has 0 aliphatic carbocycles. The molecule has 1 saturated heterocycles. The van der Waals surface area contributed by atoms with Gasteiger partial charge in [0, 0.05) is 22.1 Å². The van der Waals surface area contributed by atoms with Crippen LogP contribution in [0.25, 0.3) is 11.3 Å². The zero-order chi connectivity index (χ0) is 14.8. The lowest BCUT2D eigenvalue weighted by Crippen LogP contribution is -2.26. The van der Waals surface area contributed by atoms with Crippen molar-refractivity contribution in [2.24, 2.45) is 0 Å². The number of carbonyl (C=O) groups is 1. The van der Waals surface area contributed by atoms with E-state index in [1.165, 1.54) is 11.3 Å². The first-order valence-corrected chi connectivity index (χ1v) is 7.99. The number of hydrogen-bond donors (Lipinski definition) is 1. The molecule has 1 atom stereocenters. The number of aromatic nitrogens is 1. The van der Waals surface area contributed by atoms with Gasteiger partial charge in [-0.15, -0.1) is 11.3 Å². The van der Waals surface area contributed by atoms with E-state index in [9.17, 15) is 4.79 Å². The monoisotopic (exact) mass is 322 g/mol. The minimum atomic E-state index is -0.340. The van der Waals surface area contributed by atoms with Crippen LogP contribution in [0.2, 0.25) is 5.02 Å². The van der Waals surface area contributed by atoms with Gasteiger partial charge in [0.1, 0.15) is 6.10 Å². The van der Waals surface area contributed by atoms with Gasteiger partial charge >= 0.3 is 0 Å². The Morgan fingerprint density at radius 2 is 2.19 bits per heavy atom. The lowest BCUT2D eigenvalue weighted by atomic mass is 10.1. The second-order valence-electron chi connectivity index (χ2n) is 4.92. The zero-order valence-electron chi connectivity index (χ0n) is 11.6. The molecule has 3 rings (SSSR count). The number of nitrogens with one attached hydrogen (secondary N) is 1. The van der Waals surface area contributed by atoms with Gasteiger partial charge in [0.25, 0.3) is 5.91 Å². The molecular weight excluding hydrogens is 308 g/mol. The van der Waals surface area contributed by atoms with E-state index in [0.29, 0.717) is 16.8 Å². The van der Waals surface area contributed by atoms with Gasteiger partial charge in [0.05, 0.1) is 5.69 Å². The predicted octanol–water partition coefficient (Wildman–Crippen LogP) is 3.89. The van der Waals surface area contributed by atoms with Gasteiger partial charge in [-0.1, -0.05) is 23.7 Å². The second kappa shape index (κ2) is 6.13. The third kappa shape index (κ3) is 3.26. The highest BCUT2D eigenvalue weighted by Crippen LogP contribution is 2.31. The summed E-state index contributed by atoms with van der Waals surface area (Å²) >= 11 is 7.37. The summed E-state index contributed by atoms with van der Waals surface area (Å²) in [7, 11) is 0. The number of halogens is 1.